The van der Waals surface area contributed by atoms with Gasteiger partial charge in [0.15, 0.2) is 0 Å². The van der Waals surface area contributed by atoms with E-state index in [4.69, 9.17) is 0 Å². The van der Waals surface area contributed by atoms with Crippen molar-refractivity contribution in [3.63, 3.8) is 0 Å². The van der Waals surface area contributed by atoms with Crippen LogP contribution in [0.1, 0.15) is 18.1 Å². The van der Waals surface area contributed by atoms with Gasteiger partial charge >= 0.3 is 0 Å². The van der Waals surface area contributed by atoms with Crippen LogP contribution in [0.2, 0.25) is 0 Å². The van der Waals surface area contributed by atoms with Crippen molar-refractivity contribution in [3.05, 3.63) is 71.8 Å². The largest absolute Gasteiger partial charge is 0.106 e. The highest BCUT2D eigenvalue weighted by Crippen LogP contribution is 2.36. The van der Waals surface area contributed by atoms with Gasteiger partial charge in [0, 0.05) is 0 Å². The maximum absolute atomic E-state index is 2.35. The summed E-state index contributed by atoms with van der Waals surface area (Å²) < 4.78 is 0. The minimum Gasteiger partial charge on any atom is -0.106 e. The van der Waals surface area contributed by atoms with Crippen molar-refractivity contribution in [2.45, 2.75) is 19.8 Å². The minimum absolute atomic E-state index is 0.194. The Morgan fingerprint density at radius 2 is 1.11 bits per heavy atom. The topological polar surface area (TPSA) is 0 Å². The first-order chi connectivity index (χ1) is 9.38. The lowest BCUT2D eigenvalue weighted by atomic mass is 10.2. The van der Waals surface area contributed by atoms with E-state index in [1.807, 2.05) is 0 Å². The lowest BCUT2D eigenvalue weighted by Crippen LogP contribution is -1.99. The Hall–Kier alpha value is -1.13. The fourth-order valence-corrected chi connectivity index (χ4v) is 4.30. The fourth-order valence-electron chi connectivity index (χ4n) is 2.29. The van der Waals surface area contributed by atoms with Gasteiger partial charge in [-0.25, -0.2) is 0 Å². The van der Waals surface area contributed by atoms with E-state index in [1.54, 1.807) is 0 Å². The van der Waals surface area contributed by atoms with Crippen LogP contribution in [0.3, 0.4) is 0 Å². The van der Waals surface area contributed by atoms with Crippen LogP contribution in [0.5, 0.6) is 0 Å². The Morgan fingerprint density at radius 3 is 1.47 bits per heavy atom. The average Bonchev–Trinajstić information content (AvgIpc) is 2.49. The molecule has 0 fully saturated rings. The van der Waals surface area contributed by atoms with E-state index in [0.29, 0.717) is 0 Å². The molecule has 2 aromatic rings. The molecule has 0 unspecified atom stereocenters. The van der Waals surface area contributed by atoms with Gasteiger partial charge < -0.3 is 0 Å². The summed E-state index contributed by atoms with van der Waals surface area (Å²) in [6, 6.07) is 21.8. The molecular formula is C18H23P. The van der Waals surface area contributed by atoms with Crippen molar-refractivity contribution in [1.29, 1.82) is 0 Å². The van der Waals surface area contributed by atoms with Crippen molar-refractivity contribution >= 4 is 7.92 Å². The Bertz CT molecular complexity index is 406. The molecule has 19 heavy (non-hydrogen) atoms. The molecule has 0 amide bonds. The Balaban J connectivity index is 1.77. The van der Waals surface area contributed by atoms with Crippen LogP contribution in [0.25, 0.3) is 0 Å². The van der Waals surface area contributed by atoms with Crippen molar-refractivity contribution in [2.24, 2.45) is 0 Å². The van der Waals surface area contributed by atoms with E-state index in [2.05, 4.69) is 67.6 Å². The zero-order valence-corrected chi connectivity index (χ0v) is 12.7. The van der Waals surface area contributed by atoms with E-state index in [-0.39, 0.29) is 7.92 Å². The molecule has 0 aromatic heterocycles. The smallest absolute Gasteiger partial charge is 0.0239 e. The van der Waals surface area contributed by atoms with Gasteiger partial charge in [-0.1, -0.05) is 67.6 Å². The van der Waals surface area contributed by atoms with E-state index < -0.39 is 0 Å². The van der Waals surface area contributed by atoms with Gasteiger partial charge in [0.1, 0.15) is 0 Å². The molecule has 2 aromatic carbocycles. The predicted molar refractivity (Wildman–Crippen MR) is 87.5 cm³/mol. The summed E-state index contributed by atoms with van der Waals surface area (Å²) in [5.41, 5.74) is 2.98. The number of hydrogen-bond donors (Lipinski definition) is 0. The Kier molecular flexibility index (Phi) is 6.11. The Morgan fingerprint density at radius 1 is 0.684 bits per heavy atom. The first kappa shape index (κ1) is 14.3. The van der Waals surface area contributed by atoms with Gasteiger partial charge in [-0.05, 0) is 42.5 Å². The van der Waals surface area contributed by atoms with Gasteiger partial charge in [-0.15, -0.1) is 7.92 Å². The van der Waals surface area contributed by atoms with Gasteiger partial charge in [-0.3, -0.25) is 0 Å². The molecule has 2 rings (SSSR count). The summed E-state index contributed by atoms with van der Waals surface area (Å²) in [5.74, 6) is 0. The highest BCUT2D eigenvalue weighted by Gasteiger charge is 2.06. The van der Waals surface area contributed by atoms with Crippen LogP contribution < -0.4 is 0 Å². The second kappa shape index (κ2) is 8.12. The van der Waals surface area contributed by atoms with Gasteiger partial charge in [0.25, 0.3) is 0 Å². The molecule has 0 N–H and O–H groups in total. The molecule has 0 spiro atoms. The molecule has 0 radical (unpaired) electrons. The third kappa shape index (κ3) is 5.17. The normalized spacial score (nSPS) is 10.8. The molecule has 0 nitrogen and oxygen atoms in total. The van der Waals surface area contributed by atoms with Gasteiger partial charge in [0.05, 0.1) is 0 Å². The number of benzene rings is 2. The minimum atomic E-state index is 0.194. The van der Waals surface area contributed by atoms with Crippen molar-refractivity contribution < 1.29 is 0 Å². The highest BCUT2D eigenvalue weighted by molar-refractivity contribution is 7.57. The van der Waals surface area contributed by atoms with Crippen molar-refractivity contribution in [3.8, 4) is 0 Å². The maximum atomic E-state index is 2.35. The summed E-state index contributed by atoms with van der Waals surface area (Å²) in [4.78, 5) is 0. The second-order valence-corrected chi connectivity index (χ2v) is 7.77. The second-order valence-electron chi connectivity index (χ2n) is 4.91. The van der Waals surface area contributed by atoms with Crippen LogP contribution in [0.4, 0.5) is 0 Å². The molecule has 0 aliphatic heterocycles. The standard InChI is InChI=1S/C18H23P/c1-2-19(15-13-17-9-5-3-6-10-17)16-14-18-11-7-4-8-12-18/h3-12H,2,13-16H2,1H3. The molecule has 0 bridgehead atoms. The molecule has 0 heterocycles. The molecule has 100 valence electrons. The lowest BCUT2D eigenvalue weighted by molar-refractivity contribution is 1.09. The number of rotatable bonds is 7. The fraction of sp³-hybridized carbons (Fsp3) is 0.333. The number of aryl methyl sites for hydroxylation is 2. The van der Waals surface area contributed by atoms with E-state index in [0.717, 1.165) is 0 Å². The molecule has 0 saturated heterocycles. The van der Waals surface area contributed by atoms with Crippen LogP contribution in [0, 0.1) is 0 Å². The summed E-state index contributed by atoms with van der Waals surface area (Å²) in [6.45, 7) is 2.35. The van der Waals surface area contributed by atoms with Crippen molar-refractivity contribution in [1.82, 2.24) is 0 Å². The molecule has 0 aliphatic carbocycles. The van der Waals surface area contributed by atoms with Gasteiger partial charge in [-0.2, -0.15) is 0 Å². The van der Waals surface area contributed by atoms with Crippen LogP contribution >= 0.6 is 7.92 Å². The van der Waals surface area contributed by atoms with E-state index in [9.17, 15) is 0 Å². The van der Waals surface area contributed by atoms with Crippen LogP contribution in [0.15, 0.2) is 60.7 Å². The summed E-state index contributed by atoms with van der Waals surface area (Å²) >= 11 is 0. The molecule has 0 saturated carbocycles. The Labute approximate surface area is 118 Å². The molecular weight excluding hydrogens is 247 g/mol. The quantitative estimate of drug-likeness (QED) is 0.623. The maximum Gasteiger partial charge on any atom is -0.0239 e. The lowest BCUT2D eigenvalue weighted by Gasteiger charge is -2.15. The van der Waals surface area contributed by atoms with Crippen molar-refractivity contribution in [2.75, 3.05) is 18.5 Å². The first-order valence-electron chi connectivity index (χ1n) is 7.18. The highest BCUT2D eigenvalue weighted by atomic mass is 31.1. The summed E-state index contributed by atoms with van der Waals surface area (Å²) in [5, 5.41) is 0. The third-order valence-electron chi connectivity index (χ3n) is 3.57. The van der Waals surface area contributed by atoms with E-state index in [1.165, 1.54) is 42.5 Å². The summed E-state index contributed by atoms with van der Waals surface area (Å²) in [6.07, 6.45) is 6.60. The number of hydrogen-bond acceptors (Lipinski definition) is 0. The summed E-state index contributed by atoms with van der Waals surface area (Å²) in [7, 11) is 0.194. The SMILES string of the molecule is CCP(CCc1ccccc1)CCc1ccccc1. The molecule has 1 heteroatoms. The molecule has 0 aliphatic rings. The third-order valence-corrected chi connectivity index (χ3v) is 6.17. The monoisotopic (exact) mass is 270 g/mol. The van der Waals surface area contributed by atoms with E-state index >= 15 is 0 Å². The molecule has 0 atom stereocenters. The van der Waals surface area contributed by atoms with Crippen LogP contribution in [-0.2, 0) is 12.8 Å². The van der Waals surface area contributed by atoms with Gasteiger partial charge in [0.2, 0.25) is 0 Å². The zero-order chi connectivity index (χ0) is 13.3. The van der Waals surface area contributed by atoms with Crippen LogP contribution in [-0.4, -0.2) is 18.5 Å². The first-order valence-corrected chi connectivity index (χ1v) is 9.08. The zero-order valence-electron chi connectivity index (χ0n) is 11.8. The predicted octanol–water partition coefficient (Wildman–Crippen LogP) is 4.97. The average molecular weight is 270 g/mol.